The SMILES string of the molecule is CCC(=O)OCC(=O)[C@@]1(OCOC)CC[C@H]2[C@@H]3CCC4=CC(=O)C=C[C@]4(C)[C@@]3(F)C(OC(=O)C(F)(F)F)C[C@@]21C. The van der Waals surface area contributed by atoms with Gasteiger partial charge in [-0.25, -0.2) is 9.18 Å². The lowest BCUT2D eigenvalue weighted by molar-refractivity contribution is -0.257. The number of carbonyl (C=O) groups excluding carboxylic acids is 4. The van der Waals surface area contributed by atoms with Gasteiger partial charge in [0.15, 0.2) is 18.1 Å². The highest BCUT2D eigenvalue weighted by Gasteiger charge is 2.76. The van der Waals surface area contributed by atoms with Crippen LogP contribution < -0.4 is 0 Å². The lowest BCUT2D eigenvalue weighted by Gasteiger charge is -2.63. The van der Waals surface area contributed by atoms with Crippen molar-refractivity contribution in [2.24, 2.45) is 22.7 Å². The largest absolute Gasteiger partial charge is 0.490 e. The van der Waals surface area contributed by atoms with Crippen molar-refractivity contribution < 1.29 is 55.7 Å². The Morgan fingerprint density at radius 1 is 1.12 bits per heavy atom. The summed E-state index contributed by atoms with van der Waals surface area (Å²) >= 11 is 0. The maximum absolute atomic E-state index is 17.8. The number of esters is 2. The van der Waals surface area contributed by atoms with Gasteiger partial charge in [-0.05, 0) is 57.1 Å². The number of hydrogen-bond acceptors (Lipinski definition) is 8. The summed E-state index contributed by atoms with van der Waals surface area (Å²) in [7, 11) is 1.33. The number of carbonyl (C=O) groups is 4. The Labute approximate surface area is 229 Å². The standard InChI is InChI=1S/C28H34F4O8/c1-5-22(35)38-14-20(34)26(39-15-37-4)11-9-18-19-7-6-16-12-17(33)8-10-24(16,2)27(19,29)21(13-25(18,26)3)40-23(36)28(30,31)32/h8,10,12,18-19,21H,5-7,9,11,13-15H2,1-4H3/t18-,19-,21?,24-,25-,26-,27-/m0/s1. The zero-order valence-electron chi connectivity index (χ0n) is 22.9. The van der Waals surface area contributed by atoms with Gasteiger partial charge < -0.3 is 18.9 Å². The maximum atomic E-state index is 17.8. The van der Waals surface area contributed by atoms with Gasteiger partial charge in [0.25, 0.3) is 0 Å². The minimum atomic E-state index is -5.39. The molecule has 0 spiro atoms. The number of hydrogen-bond donors (Lipinski definition) is 0. The Balaban J connectivity index is 1.84. The molecular formula is C28H34F4O8. The molecule has 8 nitrogen and oxygen atoms in total. The molecule has 1 unspecified atom stereocenters. The summed E-state index contributed by atoms with van der Waals surface area (Å²) in [5, 5.41) is 0. The van der Waals surface area contributed by atoms with E-state index in [9.17, 15) is 32.3 Å². The van der Waals surface area contributed by atoms with Crippen molar-refractivity contribution in [1.29, 1.82) is 0 Å². The Kier molecular flexibility index (Phi) is 7.85. The van der Waals surface area contributed by atoms with E-state index in [2.05, 4.69) is 0 Å². The van der Waals surface area contributed by atoms with Crippen molar-refractivity contribution in [2.45, 2.75) is 82.8 Å². The minimum absolute atomic E-state index is 0.0193. The van der Waals surface area contributed by atoms with Gasteiger partial charge in [-0.3, -0.25) is 14.4 Å². The summed E-state index contributed by atoms with van der Waals surface area (Å²) in [6.07, 6.45) is -3.17. The van der Waals surface area contributed by atoms with E-state index >= 15 is 4.39 Å². The van der Waals surface area contributed by atoms with Crippen LogP contribution in [-0.4, -0.2) is 67.6 Å². The van der Waals surface area contributed by atoms with Crippen LogP contribution in [0.5, 0.6) is 0 Å². The molecule has 0 aliphatic heterocycles. The predicted molar refractivity (Wildman–Crippen MR) is 130 cm³/mol. The molecule has 7 atom stereocenters. The van der Waals surface area contributed by atoms with E-state index in [4.69, 9.17) is 18.9 Å². The summed E-state index contributed by atoms with van der Waals surface area (Å²) in [5.41, 5.74) is -6.65. The number of Topliss-reactive ketones (excluding diaryl/α,β-unsaturated/α-hetero) is 1. The molecule has 0 amide bonds. The first-order valence-electron chi connectivity index (χ1n) is 13.3. The molecule has 0 aromatic rings. The monoisotopic (exact) mass is 574 g/mol. The van der Waals surface area contributed by atoms with Crippen LogP contribution in [0.15, 0.2) is 23.8 Å². The van der Waals surface area contributed by atoms with Gasteiger partial charge in [-0.2, -0.15) is 13.2 Å². The van der Waals surface area contributed by atoms with Gasteiger partial charge in [0.05, 0.1) is 0 Å². The van der Waals surface area contributed by atoms with Crippen molar-refractivity contribution in [1.82, 2.24) is 0 Å². The van der Waals surface area contributed by atoms with Crippen LogP contribution in [0.25, 0.3) is 0 Å². The van der Waals surface area contributed by atoms with Crippen LogP contribution in [0.3, 0.4) is 0 Å². The second-order valence-electron chi connectivity index (χ2n) is 11.5. The Bertz CT molecular complexity index is 1150. The highest BCUT2D eigenvalue weighted by atomic mass is 19.4. The molecule has 0 aromatic heterocycles. The van der Waals surface area contributed by atoms with Crippen LogP contribution in [0.2, 0.25) is 0 Å². The Morgan fingerprint density at radius 3 is 2.45 bits per heavy atom. The molecule has 0 bridgehead atoms. The summed E-state index contributed by atoms with van der Waals surface area (Å²) < 4.78 is 79.3. The molecular weight excluding hydrogens is 540 g/mol. The molecule has 4 aliphatic carbocycles. The van der Waals surface area contributed by atoms with E-state index in [-0.39, 0.29) is 38.3 Å². The van der Waals surface area contributed by atoms with Crippen LogP contribution in [0.4, 0.5) is 17.6 Å². The van der Waals surface area contributed by atoms with Gasteiger partial charge in [0.2, 0.25) is 5.78 Å². The van der Waals surface area contributed by atoms with Crippen LogP contribution in [0, 0.1) is 22.7 Å². The summed E-state index contributed by atoms with van der Waals surface area (Å²) in [6, 6.07) is 0. The number of methoxy groups -OCH3 is 1. The number of ketones is 2. The number of halogens is 4. The number of ether oxygens (including phenoxy) is 4. The second kappa shape index (κ2) is 10.3. The fourth-order valence-corrected chi connectivity index (χ4v) is 7.79. The van der Waals surface area contributed by atoms with Crippen molar-refractivity contribution in [3.8, 4) is 0 Å². The third-order valence-corrected chi connectivity index (χ3v) is 9.74. The predicted octanol–water partition coefficient (Wildman–Crippen LogP) is 4.35. The molecule has 12 heteroatoms. The molecule has 0 radical (unpaired) electrons. The van der Waals surface area contributed by atoms with Gasteiger partial charge in [0.1, 0.15) is 18.5 Å². The number of alkyl halides is 4. The van der Waals surface area contributed by atoms with Crippen molar-refractivity contribution in [2.75, 3.05) is 20.5 Å². The van der Waals surface area contributed by atoms with Gasteiger partial charge in [-0.15, -0.1) is 0 Å². The first-order valence-corrected chi connectivity index (χ1v) is 13.3. The molecule has 40 heavy (non-hydrogen) atoms. The molecule has 0 aromatic carbocycles. The zero-order valence-corrected chi connectivity index (χ0v) is 22.9. The van der Waals surface area contributed by atoms with Crippen LogP contribution in [-0.2, 0) is 38.1 Å². The highest BCUT2D eigenvalue weighted by molar-refractivity contribution is 6.01. The van der Waals surface area contributed by atoms with Crippen molar-refractivity contribution in [3.63, 3.8) is 0 Å². The fraction of sp³-hybridized carbons (Fsp3) is 0.714. The van der Waals surface area contributed by atoms with E-state index in [1.807, 2.05) is 0 Å². The lowest BCUT2D eigenvalue weighted by Crippen LogP contribution is -2.70. The van der Waals surface area contributed by atoms with E-state index in [0.29, 0.717) is 12.0 Å². The summed E-state index contributed by atoms with van der Waals surface area (Å²) in [4.78, 5) is 49.8. The first kappa shape index (κ1) is 30.4. The van der Waals surface area contributed by atoms with Gasteiger partial charge in [-0.1, -0.05) is 25.5 Å². The van der Waals surface area contributed by atoms with Crippen LogP contribution in [0.1, 0.15) is 59.3 Å². The zero-order chi connectivity index (χ0) is 29.7. The molecule has 3 saturated carbocycles. The molecule has 3 fully saturated rings. The number of fused-ring (bicyclic) bond motifs is 5. The molecule has 0 N–H and O–H groups in total. The third-order valence-electron chi connectivity index (χ3n) is 9.74. The average molecular weight is 575 g/mol. The fourth-order valence-electron chi connectivity index (χ4n) is 7.79. The molecule has 0 saturated heterocycles. The van der Waals surface area contributed by atoms with E-state index in [1.54, 1.807) is 13.8 Å². The second-order valence-corrected chi connectivity index (χ2v) is 11.5. The topological polar surface area (TPSA) is 105 Å². The van der Waals surface area contributed by atoms with Gasteiger partial charge >= 0.3 is 18.1 Å². The number of rotatable bonds is 8. The number of allylic oxidation sites excluding steroid dienone is 4. The summed E-state index contributed by atoms with van der Waals surface area (Å²) in [6.45, 7) is 3.68. The third kappa shape index (κ3) is 4.42. The Morgan fingerprint density at radius 2 is 1.82 bits per heavy atom. The Hall–Kier alpha value is -2.60. The minimum Gasteiger partial charge on any atom is -0.458 e. The molecule has 222 valence electrons. The van der Waals surface area contributed by atoms with Crippen LogP contribution >= 0.6 is 0 Å². The normalized spacial score (nSPS) is 38.5. The summed E-state index contributed by atoms with van der Waals surface area (Å²) in [5.74, 6) is -5.69. The molecule has 4 rings (SSSR count). The smallest absolute Gasteiger partial charge is 0.458 e. The highest BCUT2D eigenvalue weighted by Crippen LogP contribution is 2.71. The van der Waals surface area contributed by atoms with Gasteiger partial charge in [0, 0.05) is 30.3 Å². The van der Waals surface area contributed by atoms with E-state index in [0.717, 1.165) is 0 Å². The van der Waals surface area contributed by atoms with E-state index in [1.165, 1.54) is 32.3 Å². The van der Waals surface area contributed by atoms with Crippen molar-refractivity contribution >= 4 is 23.5 Å². The average Bonchev–Trinajstić information content (AvgIpc) is 3.18. The first-order chi connectivity index (χ1) is 18.6. The van der Waals surface area contributed by atoms with E-state index < -0.39 is 77.0 Å². The molecule has 0 heterocycles. The molecule has 4 aliphatic rings. The maximum Gasteiger partial charge on any atom is 0.490 e. The van der Waals surface area contributed by atoms with Crippen molar-refractivity contribution in [3.05, 3.63) is 23.8 Å². The quantitative estimate of drug-likeness (QED) is 0.239. The lowest BCUT2D eigenvalue weighted by atomic mass is 9.44.